The molecule has 3 rings (SSSR count). The molecule has 0 aliphatic carbocycles. The maximum atomic E-state index is 13.1. The highest BCUT2D eigenvalue weighted by molar-refractivity contribution is 7.89. The number of primary amides is 1. The Bertz CT molecular complexity index is 1360. The lowest BCUT2D eigenvalue weighted by atomic mass is 10.0. The summed E-state index contributed by atoms with van der Waals surface area (Å²) in [5.41, 5.74) is 6.04. The van der Waals surface area contributed by atoms with Crippen molar-refractivity contribution in [2.45, 2.75) is 24.4 Å². The van der Waals surface area contributed by atoms with Crippen LogP contribution in [0.25, 0.3) is 11.1 Å². The third-order valence-electron chi connectivity index (χ3n) is 5.31. The number of ether oxygens (including phenoxy) is 2. The average Bonchev–Trinajstić information content (AvgIpc) is 2.84. The molecule has 0 radical (unpaired) electrons. The minimum Gasteiger partial charge on any atom is -0.456 e. The molecule has 0 aromatic heterocycles. The lowest BCUT2D eigenvalue weighted by molar-refractivity contribution is -0.137. The first-order valence-corrected chi connectivity index (χ1v) is 12.4. The van der Waals surface area contributed by atoms with E-state index in [-0.39, 0.29) is 41.5 Å². The summed E-state index contributed by atoms with van der Waals surface area (Å²) in [6.07, 6.45) is -4.23. The molecule has 192 valence electrons. The first-order valence-electron chi connectivity index (χ1n) is 10.9. The normalized spacial score (nSPS) is 11.9. The van der Waals surface area contributed by atoms with Crippen LogP contribution in [0.4, 0.5) is 13.2 Å². The molecule has 0 bridgehead atoms. The van der Waals surface area contributed by atoms with Crippen LogP contribution in [0, 0.1) is 0 Å². The fraction of sp³-hybridized carbons (Fsp3) is 0.240. The molecule has 36 heavy (non-hydrogen) atoms. The lowest BCUT2D eigenvalue weighted by Gasteiger charge is -2.16. The van der Waals surface area contributed by atoms with Crippen LogP contribution >= 0.6 is 0 Å². The molecule has 7 nitrogen and oxygen atoms in total. The number of sulfonamides is 1. The lowest BCUT2D eigenvalue weighted by Crippen LogP contribution is -2.27. The van der Waals surface area contributed by atoms with E-state index < -0.39 is 27.7 Å². The number of carbonyl (C=O) groups excluding carboxylic acids is 1. The van der Waals surface area contributed by atoms with Crippen LogP contribution < -0.4 is 15.2 Å². The summed E-state index contributed by atoms with van der Waals surface area (Å²) < 4.78 is 77.4. The molecular weight excluding hydrogens is 497 g/mol. The van der Waals surface area contributed by atoms with Gasteiger partial charge in [0.15, 0.2) is 0 Å². The van der Waals surface area contributed by atoms with Crippen molar-refractivity contribution in [1.82, 2.24) is 4.72 Å². The average molecular weight is 523 g/mol. The first kappa shape index (κ1) is 27.2. The fourth-order valence-corrected chi connectivity index (χ4v) is 4.50. The number of halogens is 3. The zero-order chi connectivity index (χ0) is 26.5. The van der Waals surface area contributed by atoms with Crippen LogP contribution in [0.15, 0.2) is 65.6 Å². The van der Waals surface area contributed by atoms with Gasteiger partial charge in [-0.2, -0.15) is 13.2 Å². The highest BCUT2D eigenvalue weighted by atomic mass is 32.2. The Balaban J connectivity index is 1.95. The summed E-state index contributed by atoms with van der Waals surface area (Å²) in [6.45, 7) is 2.00. The van der Waals surface area contributed by atoms with Gasteiger partial charge in [0.05, 0.1) is 22.6 Å². The summed E-state index contributed by atoms with van der Waals surface area (Å²) in [5, 5.41) is 0. The smallest absolute Gasteiger partial charge is 0.416 e. The SMILES string of the molecule is CCc1cc(C(F)(F)F)ccc1Oc1ccc(-c2cccc(S(=O)(=O)NCCOC)c2)cc1C(N)=O. The van der Waals surface area contributed by atoms with E-state index in [1.165, 1.54) is 37.4 Å². The molecule has 11 heteroatoms. The molecule has 0 aliphatic rings. The van der Waals surface area contributed by atoms with Crippen molar-refractivity contribution in [3.05, 3.63) is 77.4 Å². The topological polar surface area (TPSA) is 108 Å². The fourth-order valence-electron chi connectivity index (χ4n) is 3.45. The van der Waals surface area contributed by atoms with Crippen LogP contribution in [-0.4, -0.2) is 34.6 Å². The summed E-state index contributed by atoms with van der Waals surface area (Å²) >= 11 is 0. The minimum atomic E-state index is -4.50. The van der Waals surface area contributed by atoms with Crippen LogP contribution in [0.2, 0.25) is 0 Å². The summed E-state index contributed by atoms with van der Waals surface area (Å²) in [7, 11) is -2.33. The molecule has 1 amide bonds. The van der Waals surface area contributed by atoms with Gasteiger partial charge < -0.3 is 15.2 Å². The third kappa shape index (κ3) is 6.42. The highest BCUT2D eigenvalue weighted by Crippen LogP contribution is 2.36. The van der Waals surface area contributed by atoms with E-state index in [1.807, 2.05) is 0 Å². The van der Waals surface area contributed by atoms with Crippen molar-refractivity contribution >= 4 is 15.9 Å². The largest absolute Gasteiger partial charge is 0.456 e. The molecule has 0 saturated carbocycles. The standard InChI is InChI=1S/C25H25F3N2O5S/c1-3-16-13-19(25(26,27)28)8-10-22(16)35-23-9-7-18(15-21(23)24(29)31)17-5-4-6-20(14-17)36(32,33)30-11-12-34-2/h4-10,13-15,30H,3,11-12H2,1-2H3,(H2,29,31). The van der Waals surface area contributed by atoms with E-state index in [4.69, 9.17) is 15.2 Å². The van der Waals surface area contributed by atoms with Gasteiger partial charge in [-0.05, 0) is 65.6 Å². The zero-order valence-corrected chi connectivity index (χ0v) is 20.4. The number of nitrogens with two attached hydrogens (primary N) is 1. The molecule has 0 heterocycles. The van der Waals surface area contributed by atoms with Crippen molar-refractivity contribution in [2.75, 3.05) is 20.3 Å². The van der Waals surface area contributed by atoms with Crippen LogP contribution in [0.5, 0.6) is 11.5 Å². The molecule has 0 aliphatic heterocycles. The van der Waals surface area contributed by atoms with Gasteiger partial charge >= 0.3 is 6.18 Å². The zero-order valence-electron chi connectivity index (χ0n) is 19.6. The van der Waals surface area contributed by atoms with E-state index in [1.54, 1.807) is 25.1 Å². The van der Waals surface area contributed by atoms with Crippen molar-refractivity contribution in [3.63, 3.8) is 0 Å². The Hall–Kier alpha value is -3.41. The number of rotatable bonds is 10. The molecule has 3 aromatic rings. The molecule has 0 atom stereocenters. The Labute approximate surface area is 207 Å². The summed E-state index contributed by atoms with van der Waals surface area (Å²) in [5.74, 6) is -0.594. The molecule has 0 fully saturated rings. The first-order chi connectivity index (χ1) is 17.0. The minimum absolute atomic E-state index is 0.0130. The van der Waals surface area contributed by atoms with Gasteiger partial charge in [-0.15, -0.1) is 0 Å². The maximum absolute atomic E-state index is 13.1. The number of aryl methyl sites for hydroxylation is 1. The monoisotopic (exact) mass is 522 g/mol. The van der Waals surface area contributed by atoms with Crippen molar-refractivity contribution in [1.29, 1.82) is 0 Å². The van der Waals surface area contributed by atoms with E-state index in [0.717, 1.165) is 12.1 Å². The molecular formula is C25H25F3N2O5S. The number of alkyl halides is 3. The number of hydrogen-bond acceptors (Lipinski definition) is 5. The third-order valence-corrected chi connectivity index (χ3v) is 6.77. The molecule has 0 spiro atoms. The molecule has 3 aromatic carbocycles. The van der Waals surface area contributed by atoms with Gasteiger partial charge in [0.1, 0.15) is 11.5 Å². The predicted octanol–water partition coefficient (Wildman–Crippen LogP) is 4.75. The second-order valence-electron chi connectivity index (χ2n) is 7.77. The van der Waals surface area contributed by atoms with Gasteiger partial charge in [-0.3, -0.25) is 4.79 Å². The Kier molecular flexibility index (Phi) is 8.39. The van der Waals surface area contributed by atoms with Crippen LogP contribution in [0.1, 0.15) is 28.4 Å². The Morgan fingerprint density at radius 1 is 1.00 bits per heavy atom. The van der Waals surface area contributed by atoms with Crippen molar-refractivity contribution in [2.24, 2.45) is 5.73 Å². The summed E-state index contributed by atoms with van der Waals surface area (Å²) in [4.78, 5) is 12.2. The van der Waals surface area contributed by atoms with Crippen LogP contribution in [-0.2, 0) is 27.4 Å². The van der Waals surface area contributed by atoms with Gasteiger partial charge in [0.25, 0.3) is 5.91 Å². The predicted molar refractivity (Wildman–Crippen MR) is 128 cm³/mol. The van der Waals surface area contributed by atoms with Crippen molar-refractivity contribution < 1.29 is 35.9 Å². The number of amides is 1. The molecule has 3 N–H and O–H groups in total. The molecule has 0 unspecified atom stereocenters. The van der Waals surface area contributed by atoms with E-state index in [2.05, 4.69) is 4.72 Å². The number of carbonyl (C=O) groups is 1. The number of hydrogen-bond donors (Lipinski definition) is 2. The van der Waals surface area contributed by atoms with Gasteiger partial charge in [-0.25, -0.2) is 13.1 Å². The van der Waals surface area contributed by atoms with Gasteiger partial charge in [0, 0.05) is 13.7 Å². The summed E-state index contributed by atoms with van der Waals surface area (Å²) in [6, 6.07) is 13.7. The number of benzene rings is 3. The Morgan fingerprint density at radius 2 is 1.69 bits per heavy atom. The van der Waals surface area contributed by atoms with Crippen LogP contribution in [0.3, 0.4) is 0 Å². The van der Waals surface area contributed by atoms with Gasteiger partial charge in [-0.1, -0.05) is 25.1 Å². The quantitative estimate of drug-likeness (QED) is 0.374. The molecule has 0 saturated heterocycles. The van der Waals surface area contributed by atoms with E-state index in [0.29, 0.717) is 16.7 Å². The number of nitrogens with one attached hydrogen (secondary N) is 1. The number of methoxy groups -OCH3 is 1. The highest BCUT2D eigenvalue weighted by Gasteiger charge is 2.31. The van der Waals surface area contributed by atoms with Gasteiger partial charge in [0.2, 0.25) is 10.0 Å². The Morgan fingerprint density at radius 3 is 2.33 bits per heavy atom. The van der Waals surface area contributed by atoms with Crippen molar-refractivity contribution in [3.8, 4) is 22.6 Å². The second-order valence-corrected chi connectivity index (χ2v) is 9.54. The second kappa shape index (κ2) is 11.1. The van der Waals surface area contributed by atoms with E-state index >= 15 is 0 Å². The maximum Gasteiger partial charge on any atom is 0.416 e. The van der Waals surface area contributed by atoms with E-state index in [9.17, 15) is 26.4 Å².